The molecule has 1 aliphatic rings. The third-order valence-electron chi connectivity index (χ3n) is 8.20. The van der Waals surface area contributed by atoms with Crippen molar-refractivity contribution in [2.24, 2.45) is 0 Å². The number of halogens is 2. The van der Waals surface area contributed by atoms with Gasteiger partial charge in [-0.2, -0.15) is 5.10 Å². The molecule has 6 nitrogen and oxygen atoms in total. The van der Waals surface area contributed by atoms with Crippen molar-refractivity contribution in [2.75, 3.05) is 6.61 Å². The number of aromatic carboxylic acids is 1. The first kappa shape index (κ1) is 25.6. The van der Waals surface area contributed by atoms with Crippen LogP contribution in [-0.2, 0) is 13.0 Å². The molecular formula is C33H27ClFN3O3. The molecule has 8 heteroatoms. The zero-order valence-electron chi connectivity index (χ0n) is 22.4. The summed E-state index contributed by atoms with van der Waals surface area (Å²) >= 11 is 6.83. The van der Waals surface area contributed by atoms with Crippen molar-refractivity contribution in [3.05, 3.63) is 106 Å². The zero-order chi connectivity index (χ0) is 28.2. The highest BCUT2D eigenvalue weighted by atomic mass is 35.5. The Morgan fingerprint density at radius 1 is 1.07 bits per heavy atom. The van der Waals surface area contributed by atoms with Gasteiger partial charge in [0, 0.05) is 38.8 Å². The minimum Gasteiger partial charge on any atom is -0.493 e. The molecule has 6 aromatic rings. The molecule has 0 saturated carbocycles. The van der Waals surface area contributed by atoms with Crippen LogP contribution in [0.4, 0.5) is 4.39 Å². The first-order valence-electron chi connectivity index (χ1n) is 13.7. The highest BCUT2D eigenvalue weighted by Gasteiger charge is 2.34. The largest absolute Gasteiger partial charge is 0.493 e. The molecule has 0 saturated heterocycles. The van der Waals surface area contributed by atoms with Crippen LogP contribution in [0.1, 0.15) is 46.2 Å². The third kappa shape index (κ3) is 4.15. The SMILES string of the molecule is Cc1nn(C2CCc3c(C(=O)O)n(CCCOc4cccc5ccccc45)c4ccc(Cl)c2c34)c2cc(F)ccc12. The van der Waals surface area contributed by atoms with Crippen LogP contribution in [0.15, 0.2) is 72.8 Å². The molecule has 1 N–H and O–H groups in total. The number of rotatable bonds is 7. The predicted molar refractivity (Wildman–Crippen MR) is 159 cm³/mol. The van der Waals surface area contributed by atoms with E-state index in [0.717, 1.165) is 49.6 Å². The number of aryl methyl sites for hydroxylation is 3. The number of hydrogen-bond acceptors (Lipinski definition) is 3. The summed E-state index contributed by atoms with van der Waals surface area (Å²) in [5.74, 6) is -0.480. The molecule has 206 valence electrons. The van der Waals surface area contributed by atoms with E-state index in [1.165, 1.54) is 12.1 Å². The van der Waals surface area contributed by atoms with Crippen molar-refractivity contribution in [3.63, 3.8) is 0 Å². The number of aromatic nitrogens is 3. The van der Waals surface area contributed by atoms with Gasteiger partial charge in [-0.05, 0) is 73.5 Å². The Kier molecular flexibility index (Phi) is 6.20. The van der Waals surface area contributed by atoms with Crippen LogP contribution >= 0.6 is 11.6 Å². The van der Waals surface area contributed by atoms with Crippen LogP contribution in [0, 0.1) is 12.7 Å². The smallest absolute Gasteiger partial charge is 0.352 e. The molecule has 41 heavy (non-hydrogen) atoms. The maximum absolute atomic E-state index is 14.3. The van der Waals surface area contributed by atoms with Crippen molar-refractivity contribution >= 4 is 50.1 Å². The summed E-state index contributed by atoms with van der Waals surface area (Å²) in [4.78, 5) is 12.6. The molecule has 0 radical (unpaired) electrons. The summed E-state index contributed by atoms with van der Waals surface area (Å²) in [7, 11) is 0. The summed E-state index contributed by atoms with van der Waals surface area (Å²) in [6, 6.07) is 22.2. The Balaban J connectivity index is 1.26. The maximum Gasteiger partial charge on any atom is 0.352 e. The second-order valence-electron chi connectivity index (χ2n) is 10.6. The molecule has 7 rings (SSSR count). The number of nitrogens with zero attached hydrogens (tertiary/aromatic N) is 3. The first-order valence-corrected chi connectivity index (χ1v) is 14.1. The number of ether oxygens (including phenoxy) is 1. The van der Waals surface area contributed by atoms with E-state index in [2.05, 4.69) is 12.1 Å². The molecule has 1 aliphatic carbocycles. The van der Waals surface area contributed by atoms with Gasteiger partial charge < -0.3 is 14.4 Å². The number of carboxylic acid groups (broad SMARTS) is 1. The zero-order valence-corrected chi connectivity index (χ0v) is 23.2. The Morgan fingerprint density at radius 3 is 2.76 bits per heavy atom. The molecule has 4 aromatic carbocycles. The van der Waals surface area contributed by atoms with Gasteiger partial charge in [-0.25, -0.2) is 9.18 Å². The lowest BCUT2D eigenvalue weighted by atomic mass is 9.87. The lowest BCUT2D eigenvalue weighted by Gasteiger charge is -2.26. The predicted octanol–water partition coefficient (Wildman–Crippen LogP) is 7.95. The van der Waals surface area contributed by atoms with Crippen molar-refractivity contribution in [3.8, 4) is 5.75 Å². The van der Waals surface area contributed by atoms with Crippen molar-refractivity contribution in [1.82, 2.24) is 14.3 Å². The third-order valence-corrected chi connectivity index (χ3v) is 8.53. The number of carboxylic acids is 1. The van der Waals surface area contributed by atoms with Crippen LogP contribution in [0.25, 0.3) is 32.6 Å². The second kappa shape index (κ2) is 9.93. The molecule has 0 amide bonds. The minimum atomic E-state index is -0.964. The Hall–Kier alpha value is -4.36. The first-order chi connectivity index (χ1) is 19.9. The van der Waals surface area contributed by atoms with Crippen molar-refractivity contribution in [2.45, 2.75) is 38.8 Å². The van der Waals surface area contributed by atoms with Gasteiger partial charge in [0.2, 0.25) is 0 Å². The highest BCUT2D eigenvalue weighted by molar-refractivity contribution is 6.32. The van der Waals surface area contributed by atoms with E-state index in [1.54, 1.807) is 6.07 Å². The number of hydrogen-bond donors (Lipinski definition) is 1. The molecule has 0 aliphatic heterocycles. The lowest BCUT2D eigenvalue weighted by Crippen LogP contribution is -2.18. The normalized spacial score (nSPS) is 14.8. The van der Waals surface area contributed by atoms with E-state index in [1.807, 2.05) is 58.6 Å². The van der Waals surface area contributed by atoms with E-state index in [4.69, 9.17) is 21.4 Å². The van der Waals surface area contributed by atoms with Gasteiger partial charge in [-0.1, -0.05) is 48.0 Å². The van der Waals surface area contributed by atoms with Gasteiger partial charge in [0.15, 0.2) is 0 Å². The van der Waals surface area contributed by atoms with E-state index >= 15 is 0 Å². The fraction of sp³-hybridized carbons (Fsp3) is 0.212. The fourth-order valence-electron chi connectivity index (χ4n) is 6.48. The average Bonchev–Trinajstić information content (AvgIpc) is 3.47. The van der Waals surface area contributed by atoms with Gasteiger partial charge in [0.1, 0.15) is 17.3 Å². The molecule has 2 aromatic heterocycles. The summed E-state index contributed by atoms with van der Waals surface area (Å²) in [5.41, 5.74) is 4.25. The lowest BCUT2D eigenvalue weighted by molar-refractivity contribution is 0.0683. The van der Waals surface area contributed by atoms with E-state index in [-0.39, 0.29) is 11.9 Å². The average molecular weight is 568 g/mol. The summed E-state index contributed by atoms with van der Waals surface area (Å²) < 4.78 is 24.2. The standard InChI is InChI=1S/C33H27ClFN3O3/c1-19-22-11-10-21(35)18-28(22)38(36-19)27-14-12-24-30-26(15-13-25(34)31(27)30)37(32(24)33(39)40)16-5-17-41-29-9-4-7-20-6-2-3-8-23(20)29/h2-4,6-11,13,15,18,27H,5,12,14,16-17H2,1H3,(H,39,40). The molecular weight excluding hydrogens is 541 g/mol. The van der Waals surface area contributed by atoms with E-state index in [9.17, 15) is 14.3 Å². The summed E-state index contributed by atoms with van der Waals surface area (Å²) in [6.07, 6.45) is 1.77. The molecule has 1 unspecified atom stereocenters. The number of carbonyl (C=O) groups is 1. The quantitative estimate of drug-likeness (QED) is 0.199. The van der Waals surface area contributed by atoms with Crippen LogP contribution in [-0.4, -0.2) is 32.0 Å². The molecule has 0 spiro atoms. The van der Waals surface area contributed by atoms with Crippen molar-refractivity contribution in [1.29, 1.82) is 0 Å². The summed E-state index contributed by atoms with van der Waals surface area (Å²) in [6.45, 7) is 2.82. The van der Waals surface area contributed by atoms with Crippen LogP contribution in [0.2, 0.25) is 5.02 Å². The molecule has 0 fully saturated rings. The van der Waals surface area contributed by atoms with Crippen LogP contribution in [0.3, 0.4) is 0 Å². The van der Waals surface area contributed by atoms with Crippen LogP contribution in [0.5, 0.6) is 5.75 Å². The van der Waals surface area contributed by atoms with Crippen molar-refractivity contribution < 1.29 is 19.0 Å². The van der Waals surface area contributed by atoms with Gasteiger partial charge in [-0.15, -0.1) is 0 Å². The van der Waals surface area contributed by atoms with Gasteiger partial charge >= 0.3 is 5.97 Å². The summed E-state index contributed by atoms with van der Waals surface area (Å²) in [5, 5.41) is 19.6. The molecule has 2 heterocycles. The minimum absolute atomic E-state index is 0.246. The van der Waals surface area contributed by atoms with Gasteiger partial charge in [0.05, 0.1) is 23.9 Å². The van der Waals surface area contributed by atoms with E-state index < -0.39 is 5.97 Å². The molecule has 1 atom stereocenters. The highest BCUT2D eigenvalue weighted by Crippen LogP contribution is 2.45. The van der Waals surface area contributed by atoms with Gasteiger partial charge in [0.25, 0.3) is 0 Å². The van der Waals surface area contributed by atoms with Gasteiger partial charge in [-0.3, -0.25) is 4.68 Å². The monoisotopic (exact) mass is 567 g/mol. The number of benzene rings is 4. The Morgan fingerprint density at radius 2 is 1.90 bits per heavy atom. The second-order valence-corrected chi connectivity index (χ2v) is 11.0. The topological polar surface area (TPSA) is 69.3 Å². The Labute approximate surface area is 240 Å². The number of fused-ring (bicyclic) bond motifs is 2. The van der Waals surface area contributed by atoms with E-state index in [0.29, 0.717) is 48.6 Å². The maximum atomic E-state index is 14.3. The fourth-order valence-corrected chi connectivity index (χ4v) is 6.76. The van der Waals surface area contributed by atoms with Crippen LogP contribution < -0.4 is 4.74 Å². The molecule has 0 bridgehead atoms. The Bertz CT molecular complexity index is 1990.